The minimum absolute atomic E-state index is 0.0696. The van der Waals surface area contributed by atoms with Gasteiger partial charge < -0.3 is 14.2 Å². The number of hydrogen-bond acceptors (Lipinski definition) is 5. The Balaban J connectivity index is 2.34. The first-order chi connectivity index (χ1) is 11.9. The van der Waals surface area contributed by atoms with Crippen LogP contribution in [0.5, 0.6) is 17.2 Å². The average Bonchev–Trinajstić information content (AvgIpc) is 2.62. The molecule has 25 heavy (non-hydrogen) atoms. The Kier molecular flexibility index (Phi) is 6.09. The first-order valence-corrected chi connectivity index (χ1v) is 8.00. The summed E-state index contributed by atoms with van der Waals surface area (Å²) in [5.74, 6) is 0.566. The zero-order valence-corrected chi connectivity index (χ0v) is 15.3. The van der Waals surface area contributed by atoms with Crippen LogP contribution in [0.3, 0.4) is 0 Å². The quantitative estimate of drug-likeness (QED) is 0.750. The number of halogens is 1. The molecule has 0 N–H and O–H groups in total. The molecule has 0 radical (unpaired) electrons. The van der Waals surface area contributed by atoms with E-state index < -0.39 is 5.91 Å². The zero-order chi connectivity index (χ0) is 18.6. The van der Waals surface area contributed by atoms with Crippen molar-refractivity contribution in [3.63, 3.8) is 0 Å². The van der Waals surface area contributed by atoms with Crippen LogP contribution in [0.1, 0.15) is 18.9 Å². The number of rotatable bonds is 5. The number of amides is 2. The lowest BCUT2D eigenvalue weighted by molar-refractivity contribution is -0.139. The number of benzene rings is 1. The average molecular weight is 366 g/mol. The van der Waals surface area contributed by atoms with Gasteiger partial charge >= 0.3 is 0 Å². The number of nitrogens with zero attached hydrogens (tertiary/aromatic N) is 1. The van der Waals surface area contributed by atoms with Crippen LogP contribution in [0.4, 0.5) is 0 Å². The third kappa shape index (κ3) is 3.96. The van der Waals surface area contributed by atoms with E-state index in [4.69, 9.17) is 25.8 Å². The van der Waals surface area contributed by atoms with Gasteiger partial charge in [0, 0.05) is 12.1 Å². The van der Waals surface area contributed by atoms with Gasteiger partial charge in [-0.25, -0.2) is 0 Å². The highest BCUT2D eigenvalue weighted by Gasteiger charge is 2.27. The summed E-state index contributed by atoms with van der Waals surface area (Å²) in [7, 11) is 4.55. The molecule has 0 saturated heterocycles. The van der Waals surface area contributed by atoms with E-state index in [2.05, 4.69) is 0 Å². The van der Waals surface area contributed by atoms with Crippen LogP contribution in [-0.4, -0.2) is 44.6 Å². The molecule has 1 aromatic carbocycles. The summed E-state index contributed by atoms with van der Waals surface area (Å²) in [6.07, 6.45) is 3.83. The maximum Gasteiger partial charge on any atom is 0.271 e. The molecule has 1 aliphatic heterocycles. The number of imide groups is 1. The van der Waals surface area contributed by atoms with Crippen molar-refractivity contribution in [1.29, 1.82) is 0 Å². The zero-order valence-electron chi connectivity index (χ0n) is 14.6. The highest BCUT2D eigenvalue weighted by molar-refractivity contribution is 6.43. The van der Waals surface area contributed by atoms with E-state index in [0.717, 1.165) is 4.90 Å². The van der Waals surface area contributed by atoms with Gasteiger partial charge in [0.25, 0.3) is 11.8 Å². The number of methoxy groups -OCH3 is 3. The Morgan fingerprint density at radius 2 is 1.76 bits per heavy atom. The molecule has 2 rings (SSSR count). The lowest BCUT2D eigenvalue weighted by Crippen LogP contribution is -2.40. The van der Waals surface area contributed by atoms with E-state index in [1.54, 1.807) is 31.2 Å². The van der Waals surface area contributed by atoms with Crippen LogP contribution in [-0.2, 0) is 9.59 Å². The molecule has 0 aromatic heterocycles. The first kappa shape index (κ1) is 18.9. The van der Waals surface area contributed by atoms with Crippen molar-refractivity contribution in [2.45, 2.75) is 13.3 Å². The van der Waals surface area contributed by atoms with Crippen molar-refractivity contribution in [2.24, 2.45) is 0 Å². The van der Waals surface area contributed by atoms with Gasteiger partial charge in [-0.15, -0.1) is 0 Å². The van der Waals surface area contributed by atoms with E-state index in [1.165, 1.54) is 21.3 Å². The summed E-state index contributed by atoms with van der Waals surface area (Å²) in [5, 5.41) is 0.0696. The second-order valence-electron chi connectivity index (χ2n) is 5.39. The second kappa shape index (κ2) is 8.07. The van der Waals surface area contributed by atoms with Crippen LogP contribution in [0.2, 0.25) is 0 Å². The monoisotopic (exact) mass is 365 g/mol. The van der Waals surface area contributed by atoms with Gasteiger partial charge in [-0.3, -0.25) is 14.5 Å². The second-order valence-corrected chi connectivity index (χ2v) is 5.80. The third-order valence-electron chi connectivity index (χ3n) is 3.78. The molecule has 1 heterocycles. The van der Waals surface area contributed by atoms with Gasteiger partial charge in [0.2, 0.25) is 5.75 Å². The van der Waals surface area contributed by atoms with Crippen molar-refractivity contribution in [3.8, 4) is 17.2 Å². The van der Waals surface area contributed by atoms with Gasteiger partial charge in [-0.05, 0) is 37.1 Å². The highest BCUT2D eigenvalue weighted by Crippen LogP contribution is 2.38. The molecule has 134 valence electrons. The minimum Gasteiger partial charge on any atom is -0.493 e. The normalized spacial score (nSPS) is 14.9. The van der Waals surface area contributed by atoms with Gasteiger partial charge in [-0.2, -0.15) is 0 Å². The minimum atomic E-state index is -0.476. The molecule has 0 saturated carbocycles. The van der Waals surface area contributed by atoms with Crippen LogP contribution in [0.15, 0.2) is 28.8 Å². The smallest absolute Gasteiger partial charge is 0.271 e. The summed E-state index contributed by atoms with van der Waals surface area (Å²) in [6.45, 7) is 1.96. The van der Waals surface area contributed by atoms with Crippen molar-refractivity contribution in [2.75, 3.05) is 27.9 Å². The molecular weight excluding hydrogens is 346 g/mol. The van der Waals surface area contributed by atoms with Crippen molar-refractivity contribution in [3.05, 3.63) is 34.4 Å². The molecular formula is C18H20ClNO5. The van der Waals surface area contributed by atoms with Crippen molar-refractivity contribution >= 4 is 29.5 Å². The van der Waals surface area contributed by atoms with E-state index in [0.29, 0.717) is 41.4 Å². The first-order valence-electron chi connectivity index (χ1n) is 7.63. The predicted octanol–water partition coefficient (Wildman–Crippen LogP) is 3.00. The molecule has 7 heteroatoms. The fraction of sp³-hybridized carbons (Fsp3) is 0.333. The van der Waals surface area contributed by atoms with Gasteiger partial charge in [0.05, 0.1) is 21.3 Å². The Bertz CT molecular complexity index is 729. The number of carbonyl (C=O) groups excluding carboxylic acids is 2. The van der Waals surface area contributed by atoms with Crippen LogP contribution < -0.4 is 14.2 Å². The molecule has 1 aromatic rings. The summed E-state index contributed by atoms with van der Waals surface area (Å²) in [4.78, 5) is 25.7. The summed E-state index contributed by atoms with van der Waals surface area (Å²) >= 11 is 5.83. The Morgan fingerprint density at radius 3 is 2.28 bits per heavy atom. The van der Waals surface area contributed by atoms with Crippen LogP contribution >= 0.6 is 11.6 Å². The Hall–Kier alpha value is -2.47. The van der Waals surface area contributed by atoms with Crippen LogP contribution in [0.25, 0.3) is 6.08 Å². The van der Waals surface area contributed by atoms with Crippen molar-refractivity contribution < 1.29 is 23.8 Å². The summed E-state index contributed by atoms with van der Waals surface area (Å²) in [6, 6.07) is 3.45. The predicted molar refractivity (Wildman–Crippen MR) is 95.0 cm³/mol. The Labute approximate surface area is 151 Å². The third-order valence-corrected chi connectivity index (χ3v) is 4.09. The SMILES string of the molecule is COc1cc(C=C(C)C(=O)N2CCC=C(Cl)C2=O)cc(OC)c1OC. The summed E-state index contributed by atoms with van der Waals surface area (Å²) < 4.78 is 15.9. The molecule has 1 aliphatic rings. The van der Waals surface area contributed by atoms with E-state index in [1.807, 2.05) is 0 Å². The Morgan fingerprint density at radius 1 is 1.16 bits per heavy atom. The van der Waals surface area contributed by atoms with E-state index in [-0.39, 0.29) is 10.9 Å². The highest BCUT2D eigenvalue weighted by atomic mass is 35.5. The number of ether oxygens (including phenoxy) is 3. The molecule has 6 nitrogen and oxygen atoms in total. The molecule has 0 bridgehead atoms. The van der Waals surface area contributed by atoms with Gasteiger partial charge in [0.1, 0.15) is 5.03 Å². The maximum absolute atomic E-state index is 12.6. The molecule has 0 fully saturated rings. The lowest BCUT2D eigenvalue weighted by Gasteiger charge is -2.23. The molecule has 2 amide bonds. The molecule has 0 aliphatic carbocycles. The molecule has 0 unspecified atom stereocenters. The standard InChI is InChI=1S/C18H20ClNO5/c1-11(17(21)20-7-5-6-13(19)18(20)22)8-12-9-14(23-2)16(25-4)15(10-12)24-3/h6,8-10H,5,7H2,1-4H3. The fourth-order valence-corrected chi connectivity index (χ4v) is 2.75. The number of carbonyl (C=O) groups is 2. The fourth-order valence-electron chi connectivity index (χ4n) is 2.54. The van der Waals surface area contributed by atoms with E-state index in [9.17, 15) is 9.59 Å². The summed E-state index contributed by atoms with van der Waals surface area (Å²) in [5.41, 5.74) is 1.08. The largest absolute Gasteiger partial charge is 0.493 e. The topological polar surface area (TPSA) is 65.1 Å². The molecule has 0 spiro atoms. The van der Waals surface area contributed by atoms with Crippen molar-refractivity contribution in [1.82, 2.24) is 4.90 Å². The van der Waals surface area contributed by atoms with Crippen LogP contribution in [0, 0.1) is 0 Å². The number of hydrogen-bond donors (Lipinski definition) is 0. The van der Waals surface area contributed by atoms with Gasteiger partial charge in [0.15, 0.2) is 11.5 Å². The van der Waals surface area contributed by atoms with E-state index >= 15 is 0 Å². The lowest BCUT2D eigenvalue weighted by atomic mass is 10.1. The molecule has 0 atom stereocenters. The maximum atomic E-state index is 12.6. The van der Waals surface area contributed by atoms with Gasteiger partial charge in [-0.1, -0.05) is 17.7 Å².